The Bertz CT molecular complexity index is 2180. The highest BCUT2D eigenvalue weighted by molar-refractivity contribution is 6.24. The van der Waals surface area contributed by atoms with Crippen molar-refractivity contribution in [3.05, 3.63) is 128 Å². The molecule has 0 atom stereocenters. The Kier molecular flexibility index (Phi) is 4.79. The van der Waals surface area contributed by atoms with Gasteiger partial charge >= 0.3 is 0 Å². The van der Waals surface area contributed by atoms with Gasteiger partial charge in [0.05, 0.1) is 22.6 Å². The molecule has 0 aliphatic carbocycles. The fourth-order valence-electron chi connectivity index (χ4n) is 5.53. The first-order chi connectivity index (χ1) is 19.3. The van der Waals surface area contributed by atoms with E-state index in [2.05, 4.69) is 71.7 Å². The van der Waals surface area contributed by atoms with Crippen molar-refractivity contribution >= 4 is 43.6 Å². The average molecular weight is 500 g/mol. The first-order valence-corrected chi connectivity index (χ1v) is 12.9. The maximum Gasteiger partial charge on any atom is 0.144 e. The molecule has 4 aromatic carbocycles. The van der Waals surface area contributed by atoms with Crippen molar-refractivity contribution < 1.29 is 4.42 Å². The second-order valence-corrected chi connectivity index (χ2v) is 9.67. The average Bonchev–Trinajstić information content (AvgIpc) is 3.40. The van der Waals surface area contributed by atoms with Gasteiger partial charge in [-0.1, -0.05) is 66.7 Å². The molecule has 0 fully saturated rings. The van der Waals surface area contributed by atoms with Crippen LogP contribution in [0.4, 0.5) is 0 Å². The van der Waals surface area contributed by atoms with Crippen LogP contribution in [0.5, 0.6) is 0 Å². The highest BCUT2D eigenvalue weighted by Gasteiger charge is 2.17. The lowest BCUT2D eigenvalue weighted by atomic mass is 9.96. The summed E-state index contributed by atoms with van der Waals surface area (Å²) in [6.45, 7) is 0. The van der Waals surface area contributed by atoms with Gasteiger partial charge in [0.15, 0.2) is 0 Å². The van der Waals surface area contributed by atoms with E-state index in [-0.39, 0.29) is 0 Å². The van der Waals surface area contributed by atoms with Crippen LogP contribution >= 0.6 is 0 Å². The summed E-state index contributed by atoms with van der Waals surface area (Å²) in [7, 11) is 0. The molecule has 182 valence electrons. The van der Waals surface area contributed by atoms with Crippen LogP contribution in [0.2, 0.25) is 0 Å². The van der Waals surface area contributed by atoms with Gasteiger partial charge in [-0.05, 0) is 48.5 Å². The zero-order valence-corrected chi connectivity index (χ0v) is 20.9. The molecule has 0 radical (unpaired) electrons. The van der Waals surface area contributed by atoms with Gasteiger partial charge in [0.1, 0.15) is 11.2 Å². The van der Waals surface area contributed by atoms with Crippen molar-refractivity contribution in [2.24, 2.45) is 0 Å². The highest BCUT2D eigenvalue weighted by Crippen LogP contribution is 2.41. The molecule has 4 aromatic heterocycles. The molecule has 0 spiro atoms. The van der Waals surface area contributed by atoms with Gasteiger partial charge in [-0.2, -0.15) is 0 Å². The zero-order chi connectivity index (χ0) is 25.8. The van der Waals surface area contributed by atoms with E-state index in [1.54, 1.807) is 6.20 Å². The lowest BCUT2D eigenvalue weighted by Gasteiger charge is -2.12. The normalized spacial score (nSPS) is 11.6. The maximum atomic E-state index is 6.47. The van der Waals surface area contributed by atoms with Crippen LogP contribution in [0.15, 0.2) is 132 Å². The first-order valence-electron chi connectivity index (χ1n) is 12.9. The van der Waals surface area contributed by atoms with Gasteiger partial charge < -0.3 is 4.42 Å². The van der Waals surface area contributed by atoms with E-state index < -0.39 is 0 Å². The van der Waals surface area contributed by atoms with Crippen LogP contribution in [-0.4, -0.2) is 15.0 Å². The molecule has 4 heteroatoms. The molecule has 8 rings (SSSR count). The minimum absolute atomic E-state index is 0.893. The third-order valence-electron chi connectivity index (χ3n) is 7.35. The summed E-state index contributed by atoms with van der Waals surface area (Å²) < 4.78 is 6.47. The number of pyridine rings is 3. The van der Waals surface area contributed by atoms with E-state index in [4.69, 9.17) is 14.4 Å². The first kappa shape index (κ1) is 21.7. The summed E-state index contributed by atoms with van der Waals surface area (Å²) >= 11 is 0. The molecule has 0 N–H and O–H groups in total. The largest absolute Gasteiger partial charge is 0.455 e. The Morgan fingerprint density at radius 2 is 1.26 bits per heavy atom. The summed E-state index contributed by atoms with van der Waals surface area (Å²) in [5.74, 6) is 0. The lowest BCUT2D eigenvalue weighted by Crippen LogP contribution is -1.92. The molecular formula is C35H21N3O. The van der Waals surface area contributed by atoms with E-state index in [1.165, 1.54) is 0 Å². The second kappa shape index (κ2) is 8.61. The molecule has 0 unspecified atom stereocenters. The molecule has 0 saturated heterocycles. The van der Waals surface area contributed by atoms with Gasteiger partial charge in [-0.25, -0.2) is 9.97 Å². The third-order valence-corrected chi connectivity index (χ3v) is 7.35. The molecule has 0 bridgehead atoms. The van der Waals surface area contributed by atoms with Gasteiger partial charge in [0, 0.05) is 56.0 Å². The number of rotatable bonds is 3. The predicted molar refractivity (Wildman–Crippen MR) is 158 cm³/mol. The standard InChI is InChI=1S/C35H21N3O/c1-3-13-31-27(12-1)33-28(18-17-26-25-11-2-4-16-32(25)39-35(26)33)34(38-31)23-9-5-8-22(20-23)29-14-6-15-30(37-29)24-10-7-19-36-21-24/h1-21H. The minimum atomic E-state index is 0.893. The lowest BCUT2D eigenvalue weighted by molar-refractivity contribution is 0.673. The van der Waals surface area contributed by atoms with E-state index >= 15 is 0 Å². The minimum Gasteiger partial charge on any atom is -0.455 e. The Hall–Kier alpha value is -5.35. The highest BCUT2D eigenvalue weighted by atomic mass is 16.3. The fourth-order valence-corrected chi connectivity index (χ4v) is 5.53. The predicted octanol–water partition coefficient (Wildman–Crippen LogP) is 9.08. The molecular weight excluding hydrogens is 478 g/mol. The summed E-state index contributed by atoms with van der Waals surface area (Å²) in [5, 5.41) is 5.48. The van der Waals surface area contributed by atoms with Crippen molar-refractivity contribution in [3.8, 4) is 33.8 Å². The maximum absolute atomic E-state index is 6.47. The number of fused-ring (bicyclic) bond motifs is 7. The Morgan fingerprint density at radius 1 is 0.513 bits per heavy atom. The zero-order valence-electron chi connectivity index (χ0n) is 20.9. The number of nitrogens with zero attached hydrogens (tertiary/aromatic N) is 3. The van der Waals surface area contributed by atoms with E-state index in [0.29, 0.717) is 0 Å². The van der Waals surface area contributed by atoms with Gasteiger partial charge in [-0.3, -0.25) is 4.98 Å². The van der Waals surface area contributed by atoms with Crippen LogP contribution in [0.3, 0.4) is 0 Å². The third kappa shape index (κ3) is 3.50. The molecule has 0 amide bonds. The van der Waals surface area contributed by atoms with Crippen LogP contribution in [0.25, 0.3) is 77.4 Å². The van der Waals surface area contributed by atoms with E-state index in [9.17, 15) is 0 Å². The Balaban J connectivity index is 1.36. The summed E-state index contributed by atoms with van der Waals surface area (Å²) in [5.41, 5.74) is 8.52. The smallest absolute Gasteiger partial charge is 0.144 e. The van der Waals surface area contributed by atoms with Gasteiger partial charge in [0.2, 0.25) is 0 Å². The van der Waals surface area contributed by atoms with Gasteiger partial charge in [0.25, 0.3) is 0 Å². The molecule has 4 nitrogen and oxygen atoms in total. The molecule has 0 saturated carbocycles. The fraction of sp³-hybridized carbons (Fsp3) is 0. The topological polar surface area (TPSA) is 51.8 Å². The van der Waals surface area contributed by atoms with E-state index in [0.717, 1.165) is 77.4 Å². The Morgan fingerprint density at radius 3 is 2.15 bits per heavy atom. The van der Waals surface area contributed by atoms with Crippen molar-refractivity contribution in [1.82, 2.24) is 15.0 Å². The molecule has 8 aromatic rings. The number of hydrogen-bond acceptors (Lipinski definition) is 4. The van der Waals surface area contributed by atoms with Crippen LogP contribution in [-0.2, 0) is 0 Å². The molecule has 0 aliphatic heterocycles. The molecule has 39 heavy (non-hydrogen) atoms. The van der Waals surface area contributed by atoms with Crippen molar-refractivity contribution in [2.45, 2.75) is 0 Å². The molecule has 0 aliphatic rings. The number of aromatic nitrogens is 3. The number of hydrogen-bond donors (Lipinski definition) is 0. The quantitative estimate of drug-likeness (QED) is 0.228. The number of furan rings is 1. The SMILES string of the molecule is c1cncc(-c2cccc(-c3cccc(-c4nc5ccccc5c5c4ccc4c6ccccc6oc45)c3)n2)c1. The molecule has 4 heterocycles. The summed E-state index contributed by atoms with van der Waals surface area (Å²) in [6, 6.07) is 39.4. The van der Waals surface area contributed by atoms with Crippen LogP contribution in [0, 0.1) is 0 Å². The monoisotopic (exact) mass is 499 g/mol. The second-order valence-electron chi connectivity index (χ2n) is 9.67. The van der Waals surface area contributed by atoms with Crippen molar-refractivity contribution in [3.63, 3.8) is 0 Å². The summed E-state index contributed by atoms with van der Waals surface area (Å²) in [4.78, 5) is 14.4. The van der Waals surface area contributed by atoms with Crippen molar-refractivity contribution in [1.29, 1.82) is 0 Å². The van der Waals surface area contributed by atoms with Crippen LogP contribution in [0.1, 0.15) is 0 Å². The number of benzene rings is 4. The van der Waals surface area contributed by atoms with E-state index in [1.807, 2.05) is 54.7 Å². The van der Waals surface area contributed by atoms with Crippen molar-refractivity contribution in [2.75, 3.05) is 0 Å². The number of para-hydroxylation sites is 2. The Labute approximate surface area is 224 Å². The summed E-state index contributed by atoms with van der Waals surface area (Å²) in [6.07, 6.45) is 3.61. The van der Waals surface area contributed by atoms with Crippen LogP contribution < -0.4 is 0 Å². The van der Waals surface area contributed by atoms with Gasteiger partial charge in [-0.15, -0.1) is 0 Å².